The van der Waals surface area contributed by atoms with E-state index in [2.05, 4.69) is 6.07 Å². The molecule has 0 saturated heterocycles. The van der Waals surface area contributed by atoms with Crippen molar-refractivity contribution in [3.05, 3.63) is 104 Å². The molecule has 0 fully saturated rings. The lowest BCUT2D eigenvalue weighted by molar-refractivity contribution is -0.133. The SMILES string of the molecule is CCN(C(=O)Cn1c(=O)ccn(Cc2ccccc2)c1=O)C(C)c1ccc(C#N)cc1. The minimum absolute atomic E-state index is 0.267. The molecule has 7 nitrogen and oxygen atoms in total. The first kappa shape index (κ1) is 21.8. The molecule has 1 heterocycles. The molecule has 1 aromatic heterocycles. The standard InChI is InChI=1S/C24H24N4O3/c1-3-27(18(2)21-11-9-19(15-25)10-12-21)23(30)17-28-22(29)13-14-26(24(28)31)16-20-7-5-4-6-8-20/h4-14,18H,3,16-17H2,1-2H3. The number of hydrogen-bond donors (Lipinski definition) is 0. The molecule has 0 aliphatic rings. The Bertz CT molecular complexity index is 1200. The van der Waals surface area contributed by atoms with Gasteiger partial charge in [0, 0.05) is 18.8 Å². The number of likely N-dealkylation sites (N-methyl/N-ethyl adjacent to an activating group) is 1. The van der Waals surface area contributed by atoms with Crippen LogP contribution in [0.15, 0.2) is 76.4 Å². The van der Waals surface area contributed by atoms with E-state index in [1.165, 1.54) is 16.8 Å². The normalized spacial score (nSPS) is 11.5. The Balaban J connectivity index is 1.83. The van der Waals surface area contributed by atoms with E-state index in [9.17, 15) is 14.4 Å². The van der Waals surface area contributed by atoms with Crippen molar-refractivity contribution in [1.29, 1.82) is 5.26 Å². The van der Waals surface area contributed by atoms with E-state index in [0.29, 0.717) is 18.7 Å². The zero-order chi connectivity index (χ0) is 22.4. The van der Waals surface area contributed by atoms with Crippen molar-refractivity contribution in [2.75, 3.05) is 6.54 Å². The van der Waals surface area contributed by atoms with Gasteiger partial charge >= 0.3 is 5.69 Å². The van der Waals surface area contributed by atoms with Gasteiger partial charge in [0.15, 0.2) is 0 Å². The van der Waals surface area contributed by atoms with Crippen LogP contribution in [0.2, 0.25) is 0 Å². The van der Waals surface area contributed by atoms with Crippen molar-refractivity contribution in [3.8, 4) is 6.07 Å². The minimum Gasteiger partial charge on any atom is -0.335 e. The molecule has 0 saturated carbocycles. The Morgan fingerprint density at radius 2 is 1.74 bits per heavy atom. The highest BCUT2D eigenvalue weighted by atomic mass is 16.2. The monoisotopic (exact) mass is 416 g/mol. The molecule has 3 aromatic rings. The van der Waals surface area contributed by atoms with Crippen LogP contribution in [0.4, 0.5) is 0 Å². The predicted molar refractivity (Wildman–Crippen MR) is 117 cm³/mol. The number of benzene rings is 2. The van der Waals surface area contributed by atoms with Gasteiger partial charge in [-0.25, -0.2) is 4.79 Å². The second-order valence-electron chi connectivity index (χ2n) is 7.23. The number of carbonyl (C=O) groups is 1. The smallest absolute Gasteiger partial charge is 0.331 e. The van der Waals surface area contributed by atoms with Crippen LogP contribution in [0.3, 0.4) is 0 Å². The molecule has 0 spiro atoms. The lowest BCUT2D eigenvalue weighted by Gasteiger charge is -2.28. The maximum atomic E-state index is 13.0. The highest BCUT2D eigenvalue weighted by Gasteiger charge is 2.21. The summed E-state index contributed by atoms with van der Waals surface area (Å²) < 4.78 is 2.39. The molecule has 1 atom stereocenters. The molecule has 1 unspecified atom stereocenters. The molecule has 7 heteroatoms. The van der Waals surface area contributed by atoms with Crippen molar-refractivity contribution < 1.29 is 4.79 Å². The third-order valence-electron chi connectivity index (χ3n) is 5.28. The van der Waals surface area contributed by atoms with Crippen molar-refractivity contribution in [2.24, 2.45) is 0 Å². The molecule has 0 N–H and O–H groups in total. The zero-order valence-corrected chi connectivity index (χ0v) is 17.6. The molecular formula is C24H24N4O3. The number of amides is 1. The number of hydrogen-bond acceptors (Lipinski definition) is 4. The fourth-order valence-electron chi connectivity index (χ4n) is 3.51. The molecule has 2 aromatic carbocycles. The Hall–Kier alpha value is -3.92. The second-order valence-corrected chi connectivity index (χ2v) is 7.23. The Labute approximate surface area is 180 Å². The summed E-state index contributed by atoms with van der Waals surface area (Å²) in [6.07, 6.45) is 1.45. The van der Waals surface area contributed by atoms with Gasteiger partial charge in [-0.1, -0.05) is 42.5 Å². The van der Waals surface area contributed by atoms with Crippen LogP contribution in [0.1, 0.15) is 36.6 Å². The topological polar surface area (TPSA) is 88.1 Å². The van der Waals surface area contributed by atoms with Crippen LogP contribution in [0.5, 0.6) is 0 Å². The molecule has 0 aliphatic carbocycles. The van der Waals surface area contributed by atoms with Gasteiger partial charge in [0.25, 0.3) is 5.56 Å². The average Bonchev–Trinajstić information content (AvgIpc) is 2.79. The van der Waals surface area contributed by atoms with Gasteiger partial charge in [0.2, 0.25) is 5.91 Å². The predicted octanol–water partition coefficient (Wildman–Crippen LogP) is 2.54. The first-order valence-electron chi connectivity index (χ1n) is 10.1. The highest BCUT2D eigenvalue weighted by molar-refractivity contribution is 5.76. The lowest BCUT2D eigenvalue weighted by atomic mass is 10.0. The third-order valence-corrected chi connectivity index (χ3v) is 5.28. The van der Waals surface area contributed by atoms with Gasteiger partial charge in [-0.3, -0.25) is 18.7 Å². The van der Waals surface area contributed by atoms with Crippen LogP contribution in [0, 0.1) is 11.3 Å². The summed E-state index contributed by atoms with van der Waals surface area (Å²) in [6.45, 7) is 4.12. The van der Waals surface area contributed by atoms with E-state index >= 15 is 0 Å². The summed E-state index contributed by atoms with van der Waals surface area (Å²) in [4.78, 5) is 39.9. The largest absolute Gasteiger partial charge is 0.335 e. The maximum Gasteiger partial charge on any atom is 0.331 e. The van der Waals surface area contributed by atoms with E-state index in [1.54, 1.807) is 29.2 Å². The molecule has 158 valence electrons. The molecule has 0 bridgehead atoms. The average molecular weight is 416 g/mol. The molecule has 1 amide bonds. The lowest BCUT2D eigenvalue weighted by Crippen LogP contribution is -2.44. The molecule has 31 heavy (non-hydrogen) atoms. The van der Waals surface area contributed by atoms with E-state index in [1.807, 2.05) is 44.2 Å². The summed E-state index contributed by atoms with van der Waals surface area (Å²) >= 11 is 0. The molecule has 0 aliphatic heterocycles. The van der Waals surface area contributed by atoms with Crippen LogP contribution >= 0.6 is 0 Å². The number of nitriles is 1. The summed E-state index contributed by atoms with van der Waals surface area (Å²) in [5, 5.41) is 8.96. The summed E-state index contributed by atoms with van der Waals surface area (Å²) in [7, 11) is 0. The van der Waals surface area contributed by atoms with Crippen molar-refractivity contribution in [1.82, 2.24) is 14.0 Å². The number of rotatable bonds is 7. The third kappa shape index (κ3) is 4.98. The number of aromatic nitrogens is 2. The first-order chi connectivity index (χ1) is 14.9. The number of carbonyl (C=O) groups excluding carboxylic acids is 1. The van der Waals surface area contributed by atoms with E-state index < -0.39 is 11.2 Å². The van der Waals surface area contributed by atoms with Gasteiger partial charge < -0.3 is 4.90 Å². The zero-order valence-electron chi connectivity index (χ0n) is 17.6. The summed E-state index contributed by atoms with van der Waals surface area (Å²) in [5.41, 5.74) is 1.30. The molecule has 3 rings (SSSR count). The maximum absolute atomic E-state index is 13.0. The van der Waals surface area contributed by atoms with Gasteiger partial charge in [0.1, 0.15) is 6.54 Å². The minimum atomic E-state index is -0.521. The van der Waals surface area contributed by atoms with Crippen LogP contribution in [-0.4, -0.2) is 26.5 Å². The van der Waals surface area contributed by atoms with Gasteiger partial charge in [-0.15, -0.1) is 0 Å². The fourth-order valence-corrected chi connectivity index (χ4v) is 3.51. The Kier molecular flexibility index (Phi) is 6.83. The van der Waals surface area contributed by atoms with E-state index in [0.717, 1.165) is 15.7 Å². The van der Waals surface area contributed by atoms with Gasteiger partial charge in [-0.05, 0) is 37.1 Å². The second kappa shape index (κ2) is 9.72. The Morgan fingerprint density at radius 1 is 1.06 bits per heavy atom. The molecule has 0 radical (unpaired) electrons. The van der Waals surface area contributed by atoms with Crippen LogP contribution in [-0.2, 0) is 17.9 Å². The van der Waals surface area contributed by atoms with Crippen molar-refractivity contribution in [2.45, 2.75) is 33.0 Å². The van der Waals surface area contributed by atoms with E-state index in [-0.39, 0.29) is 18.5 Å². The summed E-state index contributed by atoms with van der Waals surface area (Å²) in [6, 6.07) is 19.6. The number of nitrogens with zero attached hydrogens (tertiary/aromatic N) is 4. The quantitative estimate of drug-likeness (QED) is 0.592. The van der Waals surface area contributed by atoms with Crippen molar-refractivity contribution in [3.63, 3.8) is 0 Å². The van der Waals surface area contributed by atoms with Crippen LogP contribution < -0.4 is 11.2 Å². The molecular weight excluding hydrogens is 392 g/mol. The van der Waals surface area contributed by atoms with Gasteiger partial charge in [-0.2, -0.15) is 5.26 Å². The van der Waals surface area contributed by atoms with Crippen molar-refractivity contribution >= 4 is 5.91 Å². The first-order valence-corrected chi connectivity index (χ1v) is 10.1. The summed E-state index contributed by atoms with van der Waals surface area (Å²) in [5.74, 6) is -0.323. The van der Waals surface area contributed by atoms with Gasteiger partial charge in [0.05, 0.1) is 24.2 Å². The highest BCUT2D eigenvalue weighted by Crippen LogP contribution is 2.20. The van der Waals surface area contributed by atoms with Crippen LogP contribution in [0.25, 0.3) is 0 Å². The van der Waals surface area contributed by atoms with E-state index in [4.69, 9.17) is 5.26 Å². The fraction of sp³-hybridized carbons (Fsp3) is 0.250. The Morgan fingerprint density at radius 3 is 2.35 bits per heavy atom.